The number of hydrogen-bond donors (Lipinski definition) is 1. The first-order chi connectivity index (χ1) is 9.13. The van der Waals surface area contributed by atoms with Crippen LogP contribution in [0.15, 0.2) is 22.7 Å². The van der Waals surface area contributed by atoms with E-state index in [-0.39, 0.29) is 11.9 Å². The van der Waals surface area contributed by atoms with Crippen LogP contribution >= 0.6 is 27.5 Å². The van der Waals surface area contributed by atoms with E-state index >= 15 is 0 Å². The zero-order chi connectivity index (χ0) is 13.8. The minimum atomic E-state index is -0.0799. The van der Waals surface area contributed by atoms with Crippen LogP contribution in [0.3, 0.4) is 0 Å². The molecular weight excluding hydrogens is 328 g/mol. The van der Waals surface area contributed by atoms with Crippen molar-refractivity contribution in [3.63, 3.8) is 0 Å². The minimum absolute atomic E-state index is 0.0799. The summed E-state index contributed by atoms with van der Waals surface area (Å²) in [4.78, 5) is 14.3. The van der Waals surface area contributed by atoms with Crippen LogP contribution in [0.4, 0.5) is 5.69 Å². The van der Waals surface area contributed by atoms with Crippen molar-refractivity contribution in [1.82, 2.24) is 5.32 Å². The van der Waals surface area contributed by atoms with Gasteiger partial charge >= 0.3 is 0 Å². The standard InChI is InChI=1S/C14H18BrClN2O/c1-2-7-17-12-4-3-8-18(14(12)19)13-9-10(15)5-6-11(13)16/h5-6,9,12,17H,2-4,7-8H2,1H3. The van der Waals surface area contributed by atoms with Gasteiger partial charge in [0.2, 0.25) is 5.91 Å². The maximum Gasteiger partial charge on any atom is 0.244 e. The molecule has 1 aliphatic rings. The number of amides is 1. The first kappa shape index (κ1) is 14.8. The van der Waals surface area contributed by atoms with E-state index < -0.39 is 0 Å². The molecule has 0 aliphatic carbocycles. The van der Waals surface area contributed by atoms with Gasteiger partial charge in [-0.2, -0.15) is 0 Å². The third-order valence-electron chi connectivity index (χ3n) is 3.28. The van der Waals surface area contributed by atoms with E-state index in [0.29, 0.717) is 5.02 Å². The van der Waals surface area contributed by atoms with Gasteiger partial charge in [-0.05, 0) is 44.0 Å². The fraction of sp³-hybridized carbons (Fsp3) is 0.500. The van der Waals surface area contributed by atoms with Gasteiger partial charge < -0.3 is 10.2 Å². The molecule has 19 heavy (non-hydrogen) atoms. The van der Waals surface area contributed by atoms with Crippen LogP contribution in [-0.4, -0.2) is 25.0 Å². The second-order valence-corrected chi connectivity index (χ2v) is 6.06. The van der Waals surface area contributed by atoms with Gasteiger partial charge in [-0.1, -0.05) is 34.5 Å². The first-order valence-electron chi connectivity index (χ1n) is 6.63. The smallest absolute Gasteiger partial charge is 0.244 e. The van der Waals surface area contributed by atoms with E-state index in [1.165, 1.54) is 0 Å². The summed E-state index contributed by atoms with van der Waals surface area (Å²) in [5.41, 5.74) is 0.795. The van der Waals surface area contributed by atoms with Crippen LogP contribution in [0.25, 0.3) is 0 Å². The lowest BCUT2D eigenvalue weighted by atomic mass is 10.0. The summed E-state index contributed by atoms with van der Waals surface area (Å²) in [5.74, 6) is 0.125. The van der Waals surface area contributed by atoms with E-state index in [2.05, 4.69) is 28.2 Å². The molecule has 1 atom stereocenters. The Hall–Kier alpha value is -0.580. The number of rotatable bonds is 4. The highest BCUT2D eigenvalue weighted by molar-refractivity contribution is 9.10. The van der Waals surface area contributed by atoms with Crippen LogP contribution in [0.1, 0.15) is 26.2 Å². The molecule has 0 radical (unpaired) electrons. The largest absolute Gasteiger partial charge is 0.310 e. The van der Waals surface area contributed by atoms with E-state index in [4.69, 9.17) is 11.6 Å². The Morgan fingerprint density at radius 1 is 1.53 bits per heavy atom. The molecule has 1 heterocycles. The number of piperidine rings is 1. The van der Waals surface area contributed by atoms with Crippen molar-refractivity contribution in [3.8, 4) is 0 Å². The summed E-state index contributed by atoms with van der Waals surface area (Å²) in [7, 11) is 0. The van der Waals surface area contributed by atoms with Crippen LogP contribution in [-0.2, 0) is 4.79 Å². The molecule has 2 rings (SSSR count). The van der Waals surface area contributed by atoms with Crippen molar-refractivity contribution >= 4 is 39.1 Å². The monoisotopic (exact) mass is 344 g/mol. The Balaban J connectivity index is 2.19. The van der Waals surface area contributed by atoms with Crippen molar-refractivity contribution in [1.29, 1.82) is 0 Å². The van der Waals surface area contributed by atoms with Crippen molar-refractivity contribution in [3.05, 3.63) is 27.7 Å². The summed E-state index contributed by atoms with van der Waals surface area (Å²) in [6.45, 7) is 3.71. The second-order valence-electron chi connectivity index (χ2n) is 4.73. The first-order valence-corrected chi connectivity index (χ1v) is 7.80. The van der Waals surface area contributed by atoms with Crippen LogP contribution in [0, 0.1) is 0 Å². The van der Waals surface area contributed by atoms with Crippen LogP contribution in [0.2, 0.25) is 5.02 Å². The molecule has 0 saturated carbocycles. The zero-order valence-corrected chi connectivity index (χ0v) is 13.3. The highest BCUT2D eigenvalue weighted by Gasteiger charge is 2.30. The summed E-state index contributed by atoms with van der Waals surface area (Å²) in [6.07, 6.45) is 2.93. The normalized spacial score (nSPS) is 19.8. The Labute approximate surface area is 127 Å². The Morgan fingerprint density at radius 2 is 2.32 bits per heavy atom. The predicted octanol–water partition coefficient (Wildman–Crippen LogP) is 3.60. The summed E-state index contributed by atoms with van der Waals surface area (Å²) in [5, 5.41) is 3.93. The van der Waals surface area contributed by atoms with Gasteiger partial charge in [0.05, 0.1) is 16.8 Å². The highest BCUT2D eigenvalue weighted by Crippen LogP contribution is 2.31. The Kier molecular flexibility index (Phi) is 5.25. The van der Waals surface area contributed by atoms with Gasteiger partial charge in [-0.15, -0.1) is 0 Å². The van der Waals surface area contributed by atoms with E-state index in [9.17, 15) is 4.79 Å². The van der Waals surface area contributed by atoms with Crippen molar-refractivity contribution in [2.45, 2.75) is 32.2 Å². The molecule has 5 heteroatoms. The number of carbonyl (C=O) groups is 1. The topological polar surface area (TPSA) is 32.3 Å². The molecule has 0 bridgehead atoms. The fourth-order valence-electron chi connectivity index (χ4n) is 2.32. The average molecular weight is 346 g/mol. The lowest BCUT2D eigenvalue weighted by Gasteiger charge is -2.33. The quantitative estimate of drug-likeness (QED) is 0.904. The van der Waals surface area contributed by atoms with E-state index in [1.807, 2.05) is 18.2 Å². The summed E-state index contributed by atoms with van der Waals surface area (Å²) >= 11 is 9.64. The van der Waals surface area contributed by atoms with Gasteiger partial charge in [0.1, 0.15) is 0 Å². The average Bonchev–Trinajstić information content (AvgIpc) is 2.41. The molecule has 3 nitrogen and oxygen atoms in total. The lowest BCUT2D eigenvalue weighted by Crippen LogP contribution is -2.51. The van der Waals surface area contributed by atoms with Crippen LogP contribution < -0.4 is 10.2 Å². The van der Waals surface area contributed by atoms with E-state index in [1.54, 1.807) is 4.90 Å². The third-order valence-corrected chi connectivity index (χ3v) is 4.09. The van der Waals surface area contributed by atoms with Gasteiger partial charge in [0.15, 0.2) is 0 Å². The SMILES string of the molecule is CCCNC1CCCN(c2cc(Br)ccc2Cl)C1=O. The maximum atomic E-state index is 12.5. The molecule has 1 aromatic rings. The molecule has 1 fully saturated rings. The predicted molar refractivity (Wildman–Crippen MR) is 82.8 cm³/mol. The number of nitrogens with one attached hydrogen (secondary N) is 1. The zero-order valence-electron chi connectivity index (χ0n) is 11.0. The molecule has 104 valence electrons. The van der Waals surface area contributed by atoms with Crippen molar-refractivity contribution in [2.75, 3.05) is 18.0 Å². The van der Waals surface area contributed by atoms with Crippen molar-refractivity contribution in [2.24, 2.45) is 0 Å². The molecule has 1 aromatic carbocycles. The number of anilines is 1. The molecule has 1 amide bonds. The number of nitrogens with zero attached hydrogens (tertiary/aromatic N) is 1. The Morgan fingerprint density at radius 3 is 3.05 bits per heavy atom. The van der Waals surface area contributed by atoms with E-state index in [0.717, 1.165) is 42.5 Å². The summed E-state index contributed by atoms with van der Waals surface area (Å²) < 4.78 is 0.934. The lowest BCUT2D eigenvalue weighted by molar-refractivity contribution is -0.121. The molecule has 0 aromatic heterocycles. The molecule has 1 unspecified atom stereocenters. The highest BCUT2D eigenvalue weighted by atomic mass is 79.9. The molecular formula is C14H18BrClN2O. The van der Waals surface area contributed by atoms with Crippen LogP contribution in [0.5, 0.6) is 0 Å². The summed E-state index contributed by atoms with van der Waals surface area (Å²) in [6, 6.07) is 5.52. The molecule has 1 aliphatic heterocycles. The molecule has 1 saturated heterocycles. The fourth-order valence-corrected chi connectivity index (χ4v) is 2.88. The van der Waals surface area contributed by atoms with Crippen molar-refractivity contribution < 1.29 is 4.79 Å². The molecule has 1 N–H and O–H groups in total. The Bertz CT molecular complexity index is 467. The number of carbonyl (C=O) groups excluding carboxylic acids is 1. The minimum Gasteiger partial charge on any atom is -0.310 e. The third kappa shape index (κ3) is 3.50. The second kappa shape index (κ2) is 6.73. The van der Waals surface area contributed by atoms with Gasteiger partial charge in [-0.25, -0.2) is 0 Å². The number of benzene rings is 1. The number of hydrogen-bond acceptors (Lipinski definition) is 2. The van der Waals surface area contributed by atoms with Gasteiger partial charge in [0.25, 0.3) is 0 Å². The maximum absolute atomic E-state index is 12.5. The number of halogens is 2. The van der Waals surface area contributed by atoms with Gasteiger partial charge in [-0.3, -0.25) is 4.79 Å². The van der Waals surface area contributed by atoms with Gasteiger partial charge in [0, 0.05) is 11.0 Å². The molecule has 0 spiro atoms.